The fraction of sp³-hybridized carbons (Fsp3) is 0.583. The van der Waals surface area contributed by atoms with E-state index in [1.807, 2.05) is 0 Å². The maximum Gasteiger partial charge on any atom is 0.226 e. The highest BCUT2D eigenvalue weighted by molar-refractivity contribution is 6.28. The Balaban J connectivity index is 2.11. The second-order valence-corrected chi connectivity index (χ2v) is 4.81. The fourth-order valence-electron chi connectivity index (χ4n) is 2.14. The summed E-state index contributed by atoms with van der Waals surface area (Å²) < 4.78 is 0. The average Bonchev–Trinajstić information content (AvgIpc) is 2.85. The first kappa shape index (κ1) is 14.0. The number of hydrogen-bond donors (Lipinski definition) is 3. The second-order valence-electron chi connectivity index (χ2n) is 4.47. The van der Waals surface area contributed by atoms with Gasteiger partial charge in [0.25, 0.3) is 0 Å². The molecule has 7 heteroatoms. The van der Waals surface area contributed by atoms with Crippen LogP contribution < -0.4 is 5.32 Å². The number of aliphatic hydroxyl groups excluding tert-OH is 1. The number of hydrogen-bond acceptors (Lipinski definition) is 5. The molecule has 1 atom stereocenters. The maximum absolute atomic E-state index is 10.1. The lowest BCUT2D eigenvalue weighted by molar-refractivity contribution is 0.114. The topological polar surface area (TPSA) is 86.7 Å². The van der Waals surface area contributed by atoms with Gasteiger partial charge in [-0.15, -0.1) is 0 Å². The monoisotopic (exact) mass is 283 g/mol. The lowest BCUT2D eigenvalue weighted by Gasteiger charge is -2.20. The smallest absolute Gasteiger partial charge is 0.226 e. The predicted octanol–water partition coefficient (Wildman–Crippen LogP) is 2.22. The molecule has 0 aromatic carbocycles. The minimum absolute atomic E-state index is 0.138. The Kier molecular flexibility index (Phi) is 4.55. The third-order valence-electron chi connectivity index (χ3n) is 3.33. The molecule has 0 saturated carbocycles. The van der Waals surface area contributed by atoms with Crippen molar-refractivity contribution in [2.75, 3.05) is 11.9 Å². The van der Waals surface area contributed by atoms with Crippen molar-refractivity contribution >= 4 is 28.6 Å². The SMILES string of the molecule is CCC(CC)C(O)CNc1nc(Cl)nc2nc[nH]c12. The summed E-state index contributed by atoms with van der Waals surface area (Å²) in [5.41, 5.74) is 1.21. The lowest BCUT2D eigenvalue weighted by atomic mass is 9.96. The van der Waals surface area contributed by atoms with Gasteiger partial charge in [0.15, 0.2) is 11.5 Å². The van der Waals surface area contributed by atoms with E-state index in [1.165, 1.54) is 6.33 Å². The first-order chi connectivity index (χ1) is 9.15. The molecule has 0 aliphatic heterocycles. The van der Waals surface area contributed by atoms with Crippen molar-refractivity contribution < 1.29 is 5.11 Å². The molecule has 1 unspecified atom stereocenters. The summed E-state index contributed by atoms with van der Waals surface area (Å²) in [6, 6.07) is 0. The third kappa shape index (κ3) is 3.13. The van der Waals surface area contributed by atoms with Crippen molar-refractivity contribution in [1.29, 1.82) is 0 Å². The van der Waals surface area contributed by atoms with Crippen LogP contribution in [0, 0.1) is 5.92 Å². The molecule has 0 fully saturated rings. The van der Waals surface area contributed by atoms with Crippen molar-refractivity contribution in [3.05, 3.63) is 11.6 Å². The number of H-pyrrole nitrogens is 1. The zero-order valence-corrected chi connectivity index (χ0v) is 11.8. The van der Waals surface area contributed by atoms with E-state index >= 15 is 0 Å². The summed E-state index contributed by atoms with van der Waals surface area (Å²) in [7, 11) is 0. The maximum atomic E-state index is 10.1. The minimum atomic E-state index is -0.415. The summed E-state index contributed by atoms with van der Waals surface area (Å²) >= 11 is 5.83. The summed E-state index contributed by atoms with van der Waals surface area (Å²) in [6.07, 6.45) is 3.02. The van der Waals surface area contributed by atoms with E-state index < -0.39 is 6.10 Å². The number of rotatable bonds is 6. The molecule has 2 heterocycles. The quantitative estimate of drug-likeness (QED) is 0.708. The van der Waals surface area contributed by atoms with Crippen molar-refractivity contribution in [2.24, 2.45) is 5.92 Å². The molecule has 0 aliphatic rings. The Morgan fingerprint density at radius 3 is 2.79 bits per heavy atom. The van der Waals surface area contributed by atoms with E-state index in [4.69, 9.17) is 11.6 Å². The van der Waals surface area contributed by atoms with Crippen molar-refractivity contribution in [3.8, 4) is 0 Å². The molecular weight excluding hydrogens is 266 g/mol. The molecule has 0 bridgehead atoms. The highest BCUT2D eigenvalue weighted by atomic mass is 35.5. The Bertz CT molecular complexity index is 540. The second kappa shape index (κ2) is 6.16. The zero-order chi connectivity index (χ0) is 13.8. The molecular formula is C12H18ClN5O. The van der Waals surface area contributed by atoms with Gasteiger partial charge in [0.2, 0.25) is 5.28 Å². The summed E-state index contributed by atoms with van der Waals surface area (Å²) in [5, 5.41) is 13.3. The summed E-state index contributed by atoms with van der Waals surface area (Å²) in [6.45, 7) is 4.58. The number of aromatic nitrogens is 4. The van der Waals surface area contributed by atoms with Crippen LogP contribution in [0.5, 0.6) is 0 Å². The van der Waals surface area contributed by atoms with Crippen LogP contribution in [0.4, 0.5) is 5.82 Å². The Morgan fingerprint density at radius 2 is 2.11 bits per heavy atom. The van der Waals surface area contributed by atoms with Crippen LogP contribution in [-0.2, 0) is 0 Å². The number of halogens is 1. The molecule has 2 rings (SSSR count). The molecule has 0 aliphatic carbocycles. The van der Waals surface area contributed by atoms with Gasteiger partial charge in [-0.25, -0.2) is 4.98 Å². The molecule has 0 spiro atoms. The van der Waals surface area contributed by atoms with Gasteiger partial charge in [0.05, 0.1) is 12.4 Å². The molecule has 0 radical (unpaired) electrons. The van der Waals surface area contributed by atoms with Gasteiger partial charge in [-0.3, -0.25) is 0 Å². The van der Waals surface area contributed by atoms with E-state index in [1.54, 1.807) is 0 Å². The molecule has 0 saturated heterocycles. The van der Waals surface area contributed by atoms with E-state index in [-0.39, 0.29) is 11.2 Å². The van der Waals surface area contributed by atoms with Crippen LogP contribution in [0.2, 0.25) is 5.28 Å². The number of aliphatic hydroxyl groups is 1. The van der Waals surface area contributed by atoms with E-state index in [0.29, 0.717) is 23.5 Å². The van der Waals surface area contributed by atoms with E-state index in [2.05, 4.69) is 39.1 Å². The predicted molar refractivity (Wildman–Crippen MR) is 75.3 cm³/mol. The molecule has 6 nitrogen and oxygen atoms in total. The summed E-state index contributed by atoms with van der Waals surface area (Å²) in [4.78, 5) is 15.1. The molecule has 2 aromatic heterocycles. The van der Waals surface area contributed by atoms with Gasteiger partial charge in [0, 0.05) is 6.54 Å². The number of aromatic amines is 1. The Hall–Kier alpha value is -1.40. The largest absolute Gasteiger partial charge is 0.391 e. The van der Waals surface area contributed by atoms with Crippen molar-refractivity contribution in [1.82, 2.24) is 19.9 Å². The van der Waals surface area contributed by atoms with Crippen LogP contribution >= 0.6 is 11.6 Å². The van der Waals surface area contributed by atoms with Crippen LogP contribution in [0.25, 0.3) is 11.2 Å². The molecule has 104 valence electrons. The summed E-state index contributed by atoms with van der Waals surface area (Å²) in [5.74, 6) is 0.847. The Labute approximate surface area is 116 Å². The first-order valence-electron chi connectivity index (χ1n) is 6.44. The molecule has 2 aromatic rings. The third-order valence-corrected chi connectivity index (χ3v) is 3.50. The highest BCUT2D eigenvalue weighted by Gasteiger charge is 2.16. The van der Waals surface area contributed by atoms with Crippen LogP contribution in [0.1, 0.15) is 26.7 Å². The Morgan fingerprint density at radius 1 is 1.37 bits per heavy atom. The van der Waals surface area contributed by atoms with Crippen LogP contribution in [-0.4, -0.2) is 37.7 Å². The van der Waals surface area contributed by atoms with Gasteiger partial charge in [-0.2, -0.15) is 9.97 Å². The van der Waals surface area contributed by atoms with Gasteiger partial charge in [-0.1, -0.05) is 26.7 Å². The number of nitrogens with zero attached hydrogens (tertiary/aromatic N) is 3. The standard InChI is InChI=1S/C12H18ClN5O/c1-3-7(4-2)8(19)5-14-10-9-11(16-6-15-9)18-12(13)17-10/h6-8,19H,3-5H2,1-2H3,(H2,14,15,16,17,18). The molecule has 0 amide bonds. The van der Waals surface area contributed by atoms with Gasteiger partial charge >= 0.3 is 0 Å². The normalized spacial score (nSPS) is 13.1. The number of fused-ring (bicyclic) bond motifs is 1. The van der Waals surface area contributed by atoms with Gasteiger partial charge in [0.1, 0.15) is 5.52 Å². The van der Waals surface area contributed by atoms with Crippen LogP contribution in [0.15, 0.2) is 6.33 Å². The van der Waals surface area contributed by atoms with E-state index in [0.717, 1.165) is 12.8 Å². The van der Waals surface area contributed by atoms with Gasteiger partial charge < -0.3 is 15.4 Å². The highest BCUT2D eigenvalue weighted by Crippen LogP contribution is 2.19. The fourth-order valence-corrected chi connectivity index (χ4v) is 2.30. The minimum Gasteiger partial charge on any atom is -0.391 e. The molecule has 3 N–H and O–H groups in total. The van der Waals surface area contributed by atoms with Crippen molar-refractivity contribution in [3.63, 3.8) is 0 Å². The number of imidazole rings is 1. The zero-order valence-electron chi connectivity index (χ0n) is 11.0. The average molecular weight is 284 g/mol. The van der Waals surface area contributed by atoms with E-state index in [9.17, 15) is 5.11 Å². The van der Waals surface area contributed by atoms with Crippen LogP contribution in [0.3, 0.4) is 0 Å². The van der Waals surface area contributed by atoms with Crippen molar-refractivity contribution in [2.45, 2.75) is 32.8 Å². The molecule has 19 heavy (non-hydrogen) atoms. The number of anilines is 1. The lowest BCUT2D eigenvalue weighted by Crippen LogP contribution is -2.28. The van der Waals surface area contributed by atoms with Gasteiger partial charge in [-0.05, 0) is 17.5 Å². The number of nitrogens with one attached hydrogen (secondary N) is 2. The first-order valence-corrected chi connectivity index (χ1v) is 6.82.